The SMILES string of the molecule is Cc1ccc(NC(=O)N2CC3CCC2C(C)(c2nc(-n4c[n+](C)c5ccccc54)no2)C3)cc1. The molecular formula is C26H29N6O2+. The largest absolute Gasteiger partial charge is 0.363 e. The lowest BCUT2D eigenvalue weighted by molar-refractivity contribution is -0.645. The van der Waals surface area contributed by atoms with Crippen LogP contribution < -0.4 is 9.88 Å². The minimum absolute atomic E-state index is 0.00812. The molecule has 4 heterocycles. The van der Waals surface area contributed by atoms with Crippen LogP contribution in [0.25, 0.3) is 17.0 Å². The quantitative estimate of drug-likeness (QED) is 0.470. The van der Waals surface area contributed by atoms with Crippen molar-refractivity contribution in [3.8, 4) is 5.95 Å². The summed E-state index contributed by atoms with van der Waals surface area (Å²) in [5.41, 5.74) is 3.70. The highest BCUT2D eigenvalue weighted by Crippen LogP contribution is 2.48. The molecule has 3 atom stereocenters. The Morgan fingerprint density at radius 1 is 1.18 bits per heavy atom. The number of carbonyl (C=O) groups is 1. The highest BCUT2D eigenvalue weighted by atomic mass is 16.5. The third-order valence-corrected chi connectivity index (χ3v) is 7.62. The van der Waals surface area contributed by atoms with Crippen molar-refractivity contribution in [2.24, 2.45) is 13.0 Å². The minimum atomic E-state index is -0.387. The lowest BCUT2D eigenvalue weighted by Crippen LogP contribution is -2.62. The Balaban J connectivity index is 1.30. The predicted octanol–water partition coefficient (Wildman–Crippen LogP) is 4.12. The zero-order valence-electron chi connectivity index (χ0n) is 19.7. The third-order valence-electron chi connectivity index (χ3n) is 7.62. The van der Waals surface area contributed by atoms with E-state index in [9.17, 15) is 4.79 Å². The fourth-order valence-electron chi connectivity index (χ4n) is 5.87. The van der Waals surface area contributed by atoms with Crippen LogP contribution in [0.5, 0.6) is 0 Å². The van der Waals surface area contributed by atoms with Gasteiger partial charge in [0.25, 0.3) is 6.33 Å². The molecule has 2 amide bonds. The maximum absolute atomic E-state index is 13.3. The average molecular weight is 458 g/mol. The maximum atomic E-state index is 13.3. The number of rotatable bonds is 3. The molecule has 1 saturated carbocycles. The minimum Gasteiger partial charge on any atom is -0.335 e. The zero-order chi connectivity index (χ0) is 23.4. The van der Waals surface area contributed by atoms with E-state index in [4.69, 9.17) is 9.51 Å². The van der Waals surface area contributed by atoms with Gasteiger partial charge in [0.05, 0.1) is 12.5 Å². The Bertz CT molecular complexity index is 1370. The summed E-state index contributed by atoms with van der Waals surface area (Å²) in [4.78, 5) is 20.1. The van der Waals surface area contributed by atoms with Crippen molar-refractivity contribution in [2.45, 2.75) is 44.6 Å². The van der Waals surface area contributed by atoms with E-state index in [1.165, 1.54) is 5.56 Å². The van der Waals surface area contributed by atoms with Crippen LogP contribution in [0.2, 0.25) is 0 Å². The van der Waals surface area contributed by atoms with Crippen LogP contribution >= 0.6 is 0 Å². The number of hydrogen-bond donors (Lipinski definition) is 1. The second-order valence-corrected chi connectivity index (χ2v) is 10.0. The first-order chi connectivity index (χ1) is 16.4. The molecule has 2 bridgehead atoms. The highest BCUT2D eigenvalue weighted by Gasteiger charge is 2.54. The van der Waals surface area contributed by atoms with E-state index in [-0.39, 0.29) is 17.5 Å². The molecule has 2 aromatic carbocycles. The summed E-state index contributed by atoms with van der Waals surface area (Å²) in [5.74, 6) is 1.54. The van der Waals surface area contributed by atoms with Crippen LogP contribution in [0.3, 0.4) is 0 Å². The second kappa shape index (κ2) is 7.68. The van der Waals surface area contributed by atoms with Crippen LogP contribution in [-0.2, 0) is 12.5 Å². The van der Waals surface area contributed by atoms with E-state index >= 15 is 0 Å². The van der Waals surface area contributed by atoms with Gasteiger partial charge in [-0.25, -0.2) is 9.36 Å². The number of urea groups is 1. The van der Waals surface area contributed by atoms with Crippen molar-refractivity contribution in [3.63, 3.8) is 0 Å². The zero-order valence-corrected chi connectivity index (χ0v) is 19.7. The Labute approximate surface area is 198 Å². The van der Waals surface area contributed by atoms with Crippen molar-refractivity contribution in [2.75, 3.05) is 11.9 Å². The van der Waals surface area contributed by atoms with Gasteiger partial charge >= 0.3 is 12.0 Å². The highest BCUT2D eigenvalue weighted by molar-refractivity contribution is 5.89. The number of hydrogen-bond acceptors (Lipinski definition) is 4. The molecule has 2 aliphatic heterocycles. The first-order valence-electron chi connectivity index (χ1n) is 11.9. The maximum Gasteiger partial charge on any atom is 0.363 e. The van der Waals surface area contributed by atoms with Gasteiger partial charge in [-0.1, -0.05) is 29.8 Å². The Morgan fingerprint density at radius 3 is 2.76 bits per heavy atom. The smallest absolute Gasteiger partial charge is 0.335 e. The van der Waals surface area contributed by atoms with E-state index in [0.717, 1.165) is 42.5 Å². The number of aromatic nitrogens is 4. The Morgan fingerprint density at radius 2 is 1.97 bits per heavy atom. The Kier molecular flexibility index (Phi) is 4.72. The molecule has 2 saturated heterocycles. The summed E-state index contributed by atoms with van der Waals surface area (Å²) in [6, 6.07) is 16.0. The molecule has 1 N–H and O–H groups in total. The molecule has 3 unspecified atom stereocenters. The number of piperidine rings is 2. The van der Waals surface area contributed by atoms with Gasteiger partial charge in [0.2, 0.25) is 5.89 Å². The van der Waals surface area contributed by atoms with Crippen LogP contribution in [0.15, 0.2) is 59.4 Å². The van der Waals surface area contributed by atoms with Gasteiger partial charge in [0, 0.05) is 18.3 Å². The van der Waals surface area contributed by atoms with Crippen molar-refractivity contribution in [1.29, 1.82) is 0 Å². The monoisotopic (exact) mass is 457 g/mol. The van der Waals surface area contributed by atoms with Gasteiger partial charge in [0.1, 0.15) is 0 Å². The molecule has 3 fully saturated rings. The number of nitrogens with zero attached hydrogens (tertiary/aromatic N) is 5. The van der Waals surface area contributed by atoms with Crippen molar-refractivity contribution in [1.82, 2.24) is 19.6 Å². The molecule has 174 valence electrons. The predicted molar refractivity (Wildman–Crippen MR) is 128 cm³/mol. The molecule has 8 heteroatoms. The number of benzene rings is 2. The number of para-hydroxylation sites is 2. The number of imidazole rings is 1. The molecule has 34 heavy (non-hydrogen) atoms. The number of amides is 2. The van der Waals surface area contributed by atoms with E-state index in [1.54, 1.807) is 0 Å². The number of fused-ring (bicyclic) bond motifs is 4. The van der Waals surface area contributed by atoms with Crippen LogP contribution in [0, 0.1) is 12.8 Å². The van der Waals surface area contributed by atoms with Crippen LogP contribution in [0.1, 0.15) is 37.6 Å². The molecule has 8 nitrogen and oxygen atoms in total. The third kappa shape index (κ3) is 3.28. The average Bonchev–Trinajstić information content (AvgIpc) is 3.46. The molecule has 0 spiro atoms. The molecule has 3 aliphatic rings. The lowest BCUT2D eigenvalue weighted by Gasteiger charge is -2.53. The van der Waals surface area contributed by atoms with Crippen molar-refractivity contribution < 1.29 is 13.9 Å². The number of anilines is 1. The van der Waals surface area contributed by atoms with Gasteiger partial charge in [-0.2, -0.15) is 9.55 Å². The van der Waals surface area contributed by atoms with E-state index in [2.05, 4.69) is 23.5 Å². The van der Waals surface area contributed by atoms with Gasteiger partial charge < -0.3 is 14.7 Å². The fraction of sp³-hybridized carbons (Fsp3) is 0.385. The summed E-state index contributed by atoms with van der Waals surface area (Å²) >= 11 is 0. The molecule has 4 aromatic rings. The second-order valence-electron chi connectivity index (χ2n) is 10.0. The molecule has 2 aromatic heterocycles. The van der Waals surface area contributed by atoms with E-state index in [0.29, 0.717) is 17.8 Å². The fourth-order valence-corrected chi connectivity index (χ4v) is 5.87. The summed E-state index contributed by atoms with van der Waals surface area (Å²) in [6.07, 6.45) is 4.96. The number of nitrogens with one attached hydrogen (secondary N) is 1. The van der Waals surface area contributed by atoms with Crippen LogP contribution in [-0.4, -0.2) is 38.2 Å². The summed E-state index contributed by atoms with van der Waals surface area (Å²) in [7, 11) is 2.01. The molecule has 0 radical (unpaired) electrons. The topological polar surface area (TPSA) is 80.1 Å². The first-order valence-corrected chi connectivity index (χ1v) is 11.9. The first kappa shape index (κ1) is 20.9. The van der Waals surface area contributed by atoms with E-state index < -0.39 is 0 Å². The van der Waals surface area contributed by atoms with Gasteiger partial charge in [-0.05, 0) is 68.4 Å². The van der Waals surface area contributed by atoms with Gasteiger partial charge in [-0.15, -0.1) is 0 Å². The number of aryl methyl sites for hydroxylation is 2. The summed E-state index contributed by atoms with van der Waals surface area (Å²) < 4.78 is 9.88. The normalized spacial score (nSPS) is 24.0. The summed E-state index contributed by atoms with van der Waals surface area (Å²) in [6.45, 7) is 4.97. The lowest BCUT2D eigenvalue weighted by atomic mass is 9.63. The molecule has 1 aliphatic carbocycles. The van der Waals surface area contributed by atoms with Gasteiger partial charge in [-0.3, -0.25) is 0 Å². The molecule has 7 rings (SSSR count). The van der Waals surface area contributed by atoms with E-state index in [1.807, 2.05) is 76.8 Å². The van der Waals surface area contributed by atoms with Crippen molar-refractivity contribution >= 4 is 22.8 Å². The van der Waals surface area contributed by atoms with Crippen molar-refractivity contribution in [3.05, 3.63) is 66.3 Å². The number of carbonyl (C=O) groups excluding carboxylic acids is 1. The Hall–Kier alpha value is -3.68. The molecular weight excluding hydrogens is 428 g/mol. The summed E-state index contributed by atoms with van der Waals surface area (Å²) in [5, 5.41) is 7.42. The van der Waals surface area contributed by atoms with Gasteiger partial charge in [0.15, 0.2) is 11.0 Å². The van der Waals surface area contributed by atoms with Crippen LogP contribution in [0.4, 0.5) is 10.5 Å². The standard InChI is InChI=1S/C26H28N6O2/c1-17-8-11-19(12-9-17)27-25(33)31-15-18-10-13-22(31)26(2,14-18)23-28-24(29-34-23)32-16-30(3)20-6-4-5-7-21(20)32/h4-9,11-12,16,18,22H,10,13-15H2,1-3H3/p+1.